The van der Waals surface area contributed by atoms with E-state index in [1.54, 1.807) is 6.92 Å². The van der Waals surface area contributed by atoms with E-state index >= 15 is 0 Å². The molecule has 0 heterocycles. The van der Waals surface area contributed by atoms with E-state index in [0.717, 1.165) is 18.3 Å². The summed E-state index contributed by atoms with van der Waals surface area (Å²) in [6.45, 7) is 10.1. The standard InChI is InChI=1S/C20H30O5/c1-6-18(25-19(22)23-7-2)24-14-20(5,13-21)17-10-8-16(9-11-17)12-15(3)4/h8-11,13,15,18H,6-7,12,14H2,1-5H3/t18?,20-/m0/s1. The third kappa shape index (κ3) is 6.86. The zero-order valence-corrected chi connectivity index (χ0v) is 15.9. The molecule has 0 aromatic heterocycles. The van der Waals surface area contributed by atoms with E-state index < -0.39 is 17.9 Å². The Balaban J connectivity index is 2.74. The summed E-state index contributed by atoms with van der Waals surface area (Å²) >= 11 is 0. The van der Waals surface area contributed by atoms with Gasteiger partial charge in [-0.15, -0.1) is 0 Å². The third-order valence-corrected chi connectivity index (χ3v) is 3.91. The molecule has 5 nitrogen and oxygen atoms in total. The van der Waals surface area contributed by atoms with Crippen LogP contribution in [0.4, 0.5) is 4.79 Å². The number of rotatable bonds is 10. The van der Waals surface area contributed by atoms with Gasteiger partial charge in [0.15, 0.2) is 0 Å². The Kier molecular flexibility index (Phi) is 8.62. The third-order valence-electron chi connectivity index (χ3n) is 3.91. The fraction of sp³-hybridized carbons (Fsp3) is 0.600. The lowest BCUT2D eigenvalue weighted by Gasteiger charge is -2.26. The van der Waals surface area contributed by atoms with Gasteiger partial charge in [0, 0.05) is 6.42 Å². The average molecular weight is 350 g/mol. The van der Waals surface area contributed by atoms with Crippen LogP contribution < -0.4 is 0 Å². The van der Waals surface area contributed by atoms with Gasteiger partial charge >= 0.3 is 6.16 Å². The number of ether oxygens (including phenoxy) is 3. The van der Waals surface area contributed by atoms with Crippen LogP contribution in [0.5, 0.6) is 0 Å². The van der Waals surface area contributed by atoms with Gasteiger partial charge in [0.25, 0.3) is 0 Å². The first-order valence-electron chi connectivity index (χ1n) is 8.85. The van der Waals surface area contributed by atoms with Crippen LogP contribution in [0.2, 0.25) is 0 Å². The van der Waals surface area contributed by atoms with Gasteiger partial charge in [0.1, 0.15) is 6.29 Å². The molecule has 1 unspecified atom stereocenters. The summed E-state index contributed by atoms with van der Waals surface area (Å²) in [7, 11) is 0. The quantitative estimate of drug-likeness (QED) is 0.358. The summed E-state index contributed by atoms with van der Waals surface area (Å²) in [6, 6.07) is 8.01. The van der Waals surface area contributed by atoms with E-state index in [4.69, 9.17) is 14.2 Å². The molecule has 1 rings (SSSR count). The monoisotopic (exact) mass is 350 g/mol. The molecule has 0 saturated heterocycles. The van der Waals surface area contributed by atoms with Crippen molar-refractivity contribution in [1.82, 2.24) is 0 Å². The van der Waals surface area contributed by atoms with E-state index in [2.05, 4.69) is 13.8 Å². The first-order valence-corrected chi connectivity index (χ1v) is 8.85. The van der Waals surface area contributed by atoms with Crippen LogP contribution in [-0.4, -0.2) is 31.9 Å². The van der Waals surface area contributed by atoms with Crippen molar-refractivity contribution in [3.05, 3.63) is 35.4 Å². The molecule has 0 amide bonds. The molecule has 1 aromatic carbocycles. The van der Waals surface area contributed by atoms with Gasteiger partial charge in [-0.05, 0) is 37.3 Å². The molecule has 0 fully saturated rings. The highest BCUT2D eigenvalue weighted by atomic mass is 16.8. The molecular formula is C20H30O5. The zero-order chi connectivity index (χ0) is 18.9. The molecule has 5 heteroatoms. The molecular weight excluding hydrogens is 320 g/mol. The first-order chi connectivity index (χ1) is 11.8. The van der Waals surface area contributed by atoms with Crippen LogP contribution in [0.25, 0.3) is 0 Å². The van der Waals surface area contributed by atoms with Crippen LogP contribution in [0.15, 0.2) is 24.3 Å². The van der Waals surface area contributed by atoms with Crippen LogP contribution in [-0.2, 0) is 30.8 Å². The lowest BCUT2D eigenvalue weighted by atomic mass is 9.84. The van der Waals surface area contributed by atoms with Crippen molar-refractivity contribution in [2.75, 3.05) is 13.2 Å². The Morgan fingerprint density at radius 2 is 1.84 bits per heavy atom. The van der Waals surface area contributed by atoms with Gasteiger partial charge in [-0.2, -0.15) is 0 Å². The van der Waals surface area contributed by atoms with Gasteiger partial charge in [-0.25, -0.2) is 4.79 Å². The van der Waals surface area contributed by atoms with E-state index in [-0.39, 0.29) is 13.2 Å². The number of hydrogen-bond donors (Lipinski definition) is 0. The summed E-state index contributed by atoms with van der Waals surface area (Å²) < 4.78 is 15.5. The Labute approximate surface area is 150 Å². The van der Waals surface area contributed by atoms with Crippen molar-refractivity contribution in [2.24, 2.45) is 5.92 Å². The Morgan fingerprint density at radius 1 is 1.20 bits per heavy atom. The van der Waals surface area contributed by atoms with E-state index in [0.29, 0.717) is 12.3 Å². The molecule has 2 atom stereocenters. The summed E-state index contributed by atoms with van der Waals surface area (Å²) in [5.74, 6) is 0.581. The van der Waals surface area contributed by atoms with Crippen molar-refractivity contribution < 1.29 is 23.8 Å². The van der Waals surface area contributed by atoms with Gasteiger partial charge < -0.3 is 19.0 Å². The predicted molar refractivity (Wildman–Crippen MR) is 96.5 cm³/mol. The number of aldehydes is 1. The summed E-state index contributed by atoms with van der Waals surface area (Å²) in [5, 5.41) is 0. The van der Waals surface area contributed by atoms with E-state index in [9.17, 15) is 9.59 Å². The Hall–Kier alpha value is -1.88. The van der Waals surface area contributed by atoms with Crippen molar-refractivity contribution in [3.8, 4) is 0 Å². The molecule has 0 radical (unpaired) electrons. The van der Waals surface area contributed by atoms with E-state index in [1.807, 2.05) is 38.1 Å². The molecule has 0 saturated carbocycles. The molecule has 140 valence electrons. The summed E-state index contributed by atoms with van der Waals surface area (Å²) in [5.41, 5.74) is 1.31. The highest BCUT2D eigenvalue weighted by Gasteiger charge is 2.28. The van der Waals surface area contributed by atoms with Gasteiger partial charge in [0.05, 0.1) is 18.6 Å². The lowest BCUT2D eigenvalue weighted by molar-refractivity contribution is -0.138. The Morgan fingerprint density at radius 3 is 2.32 bits per heavy atom. The minimum atomic E-state index is -0.804. The number of benzene rings is 1. The molecule has 1 aromatic rings. The summed E-state index contributed by atoms with van der Waals surface area (Å²) in [4.78, 5) is 23.1. The topological polar surface area (TPSA) is 61.8 Å². The van der Waals surface area contributed by atoms with Crippen molar-refractivity contribution in [2.45, 2.75) is 59.2 Å². The van der Waals surface area contributed by atoms with Gasteiger partial charge in [0.2, 0.25) is 6.29 Å². The van der Waals surface area contributed by atoms with Crippen LogP contribution >= 0.6 is 0 Å². The van der Waals surface area contributed by atoms with Crippen molar-refractivity contribution in [3.63, 3.8) is 0 Å². The molecule has 0 bridgehead atoms. The largest absolute Gasteiger partial charge is 0.510 e. The smallest absolute Gasteiger partial charge is 0.435 e. The SMILES string of the molecule is CCOC(=O)OC(CC)OC[C@](C)(C=O)c1ccc(CC(C)C)cc1. The number of carbonyl (C=O) groups is 2. The molecule has 0 N–H and O–H groups in total. The van der Waals surface area contributed by atoms with Crippen molar-refractivity contribution >= 4 is 12.4 Å². The first kappa shape index (κ1) is 21.2. The molecule has 0 spiro atoms. The predicted octanol–water partition coefficient (Wildman–Crippen LogP) is 4.27. The second-order valence-corrected chi connectivity index (χ2v) is 6.78. The van der Waals surface area contributed by atoms with E-state index in [1.165, 1.54) is 5.56 Å². The van der Waals surface area contributed by atoms with Crippen LogP contribution in [0.1, 0.15) is 52.2 Å². The minimum absolute atomic E-state index is 0.123. The Bertz CT molecular complexity index is 538. The zero-order valence-electron chi connectivity index (χ0n) is 15.9. The van der Waals surface area contributed by atoms with Crippen molar-refractivity contribution in [1.29, 1.82) is 0 Å². The molecule has 0 aliphatic carbocycles. The van der Waals surface area contributed by atoms with Crippen LogP contribution in [0, 0.1) is 5.92 Å². The molecule has 0 aliphatic heterocycles. The molecule has 25 heavy (non-hydrogen) atoms. The minimum Gasteiger partial charge on any atom is -0.435 e. The lowest BCUT2D eigenvalue weighted by Crippen LogP contribution is -2.34. The highest BCUT2D eigenvalue weighted by molar-refractivity contribution is 5.68. The van der Waals surface area contributed by atoms with Crippen LogP contribution in [0.3, 0.4) is 0 Å². The summed E-state index contributed by atoms with van der Waals surface area (Å²) in [6.07, 6.45) is 0.849. The second-order valence-electron chi connectivity index (χ2n) is 6.78. The fourth-order valence-corrected chi connectivity index (χ4v) is 2.44. The normalized spacial score (nSPS) is 14.6. The maximum atomic E-state index is 11.7. The van der Waals surface area contributed by atoms with Gasteiger partial charge in [-0.1, -0.05) is 45.0 Å². The highest BCUT2D eigenvalue weighted by Crippen LogP contribution is 2.24. The second kappa shape index (κ2) is 10.2. The average Bonchev–Trinajstić information content (AvgIpc) is 2.58. The molecule has 0 aliphatic rings. The maximum Gasteiger partial charge on any atom is 0.510 e. The fourth-order valence-electron chi connectivity index (χ4n) is 2.44. The number of carbonyl (C=O) groups excluding carboxylic acids is 2. The van der Waals surface area contributed by atoms with Gasteiger partial charge in [-0.3, -0.25) is 0 Å². The maximum absolute atomic E-state index is 11.7. The number of hydrogen-bond acceptors (Lipinski definition) is 5.